The van der Waals surface area contributed by atoms with Crippen LogP contribution in [0.15, 0.2) is 0 Å². The van der Waals surface area contributed by atoms with Crippen molar-refractivity contribution >= 4 is 23.6 Å². The Morgan fingerprint density at radius 1 is 1.39 bits per heavy atom. The number of thioether (sulfide) groups is 1. The summed E-state index contributed by atoms with van der Waals surface area (Å²) in [4.78, 5) is 23.2. The van der Waals surface area contributed by atoms with Crippen LogP contribution in [-0.2, 0) is 9.59 Å². The highest BCUT2D eigenvalue weighted by Crippen LogP contribution is 2.41. The predicted molar refractivity (Wildman–Crippen MR) is 73.7 cm³/mol. The van der Waals surface area contributed by atoms with Crippen molar-refractivity contribution in [3.63, 3.8) is 0 Å². The Morgan fingerprint density at radius 2 is 2.00 bits per heavy atom. The van der Waals surface area contributed by atoms with Gasteiger partial charge in [0.05, 0.1) is 5.41 Å². The maximum atomic E-state index is 11.8. The van der Waals surface area contributed by atoms with E-state index in [2.05, 4.69) is 12.2 Å². The normalized spacial score (nSPS) is 19.4. The highest BCUT2D eigenvalue weighted by atomic mass is 32.2. The third-order valence-electron chi connectivity index (χ3n) is 3.61. The van der Waals surface area contributed by atoms with Crippen LogP contribution < -0.4 is 5.32 Å². The zero-order valence-corrected chi connectivity index (χ0v) is 12.0. The second-order valence-electron chi connectivity index (χ2n) is 5.33. The smallest absolute Gasteiger partial charge is 0.310 e. The topological polar surface area (TPSA) is 66.4 Å². The van der Waals surface area contributed by atoms with E-state index in [-0.39, 0.29) is 12.3 Å². The summed E-state index contributed by atoms with van der Waals surface area (Å²) in [6.45, 7) is 2.72. The molecule has 0 aliphatic heterocycles. The lowest BCUT2D eigenvalue weighted by Crippen LogP contribution is -2.37. The molecule has 2 N–H and O–H groups in total. The summed E-state index contributed by atoms with van der Waals surface area (Å²) in [5, 5.41) is 12.1. The van der Waals surface area contributed by atoms with Gasteiger partial charge in [-0.1, -0.05) is 19.8 Å². The number of nitrogens with one attached hydrogen (secondary N) is 1. The van der Waals surface area contributed by atoms with Crippen LogP contribution >= 0.6 is 11.8 Å². The van der Waals surface area contributed by atoms with Gasteiger partial charge in [0.2, 0.25) is 5.91 Å². The van der Waals surface area contributed by atoms with E-state index in [4.69, 9.17) is 0 Å². The molecule has 0 aromatic carbocycles. The first-order chi connectivity index (χ1) is 8.50. The molecule has 1 rings (SSSR count). The highest BCUT2D eigenvalue weighted by Gasteiger charge is 2.42. The molecule has 0 aromatic rings. The van der Waals surface area contributed by atoms with E-state index in [0.717, 1.165) is 18.6 Å². The van der Waals surface area contributed by atoms with Crippen molar-refractivity contribution in [3.05, 3.63) is 0 Å². The quantitative estimate of drug-likeness (QED) is 0.746. The molecule has 104 valence electrons. The molecule has 1 atom stereocenters. The fourth-order valence-corrected chi connectivity index (χ4v) is 3.21. The van der Waals surface area contributed by atoms with Crippen LogP contribution in [0.5, 0.6) is 0 Å². The Balaban J connectivity index is 2.41. The van der Waals surface area contributed by atoms with E-state index in [1.807, 2.05) is 6.26 Å². The fraction of sp³-hybridized carbons (Fsp3) is 0.846. The van der Waals surface area contributed by atoms with Gasteiger partial charge in [0.1, 0.15) is 0 Å². The van der Waals surface area contributed by atoms with E-state index in [9.17, 15) is 14.7 Å². The number of carboxylic acid groups (broad SMARTS) is 1. The van der Waals surface area contributed by atoms with Gasteiger partial charge in [-0.05, 0) is 30.8 Å². The monoisotopic (exact) mass is 273 g/mol. The first-order valence-electron chi connectivity index (χ1n) is 6.49. The SMILES string of the molecule is CSCC(C)CNC(=O)CC1(C(=O)O)CCCC1. The third kappa shape index (κ3) is 4.19. The minimum atomic E-state index is -0.813. The van der Waals surface area contributed by atoms with Crippen molar-refractivity contribution in [2.45, 2.75) is 39.0 Å². The molecule has 1 aliphatic rings. The summed E-state index contributed by atoms with van der Waals surface area (Å²) >= 11 is 1.75. The van der Waals surface area contributed by atoms with Gasteiger partial charge in [-0.2, -0.15) is 11.8 Å². The van der Waals surface area contributed by atoms with E-state index in [0.29, 0.717) is 25.3 Å². The molecule has 5 heteroatoms. The number of rotatable bonds is 7. The Hall–Kier alpha value is -0.710. The minimum Gasteiger partial charge on any atom is -0.481 e. The van der Waals surface area contributed by atoms with Gasteiger partial charge in [0, 0.05) is 13.0 Å². The number of hydrogen-bond donors (Lipinski definition) is 2. The van der Waals surface area contributed by atoms with Crippen LogP contribution in [-0.4, -0.2) is 35.5 Å². The van der Waals surface area contributed by atoms with E-state index < -0.39 is 11.4 Å². The Morgan fingerprint density at radius 3 is 2.50 bits per heavy atom. The van der Waals surface area contributed by atoms with Gasteiger partial charge >= 0.3 is 5.97 Å². The Bertz CT molecular complexity index is 301. The van der Waals surface area contributed by atoms with Crippen LogP contribution in [0.1, 0.15) is 39.0 Å². The molecule has 18 heavy (non-hydrogen) atoms. The summed E-state index contributed by atoms with van der Waals surface area (Å²) in [5.74, 6) is 0.498. The molecular weight excluding hydrogens is 250 g/mol. The Kier molecular flexibility index (Phi) is 5.99. The summed E-state index contributed by atoms with van der Waals surface area (Å²) in [6, 6.07) is 0. The maximum absolute atomic E-state index is 11.8. The largest absolute Gasteiger partial charge is 0.481 e. The van der Waals surface area contributed by atoms with E-state index in [1.165, 1.54) is 0 Å². The van der Waals surface area contributed by atoms with Crippen LogP contribution in [0, 0.1) is 11.3 Å². The van der Waals surface area contributed by atoms with Crippen LogP contribution in [0.25, 0.3) is 0 Å². The lowest BCUT2D eigenvalue weighted by atomic mass is 9.82. The van der Waals surface area contributed by atoms with Crippen LogP contribution in [0.4, 0.5) is 0 Å². The lowest BCUT2D eigenvalue weighted by Gasteiger charge is -2.23. The molecule has 1 fully saturated rings. The fourth-order valence-electron chi connectivity index (χ4n) is 2.52. The van der Waals surface area contributed by atoms with Gasteiger partial charge in [-0.15, -0.1) is 0 Å². The number of amides is 1. The third-order valence-corrected chi connectivity index (χ3v) is 4.51. The second-order valence-corrected chi connectivity index (χ2v) is 6.24. The summed E-state index contributed by atoms with van der Waals surface area (Å²) in [5.41, 5.74) is -0.799. The number of carbonyl (C=O) groups is 2. The molecule has 1 aliphatic carbocycles. The van der Waals surface area contributed by atoms with Crippen molar-refractivity contribution in [1.29, 1.82) is 0 Å². The molecule has 0 saturated heterocycles. The van der Waals surface area contributed by atoms with Crippen molar-refractivity contribution in [1.82, 2.24) is 5.32 Å². The summed E-state index contributed by atoms with van der Waals surface area (Å²) in [7, 11) is 0. The molecule has 0 heterocycles. The molecule has 1 unspecified atom stereocenters. The average Bonchev–Trinajstić information content (AvgIpc) is 2.77. The van der Waals surface area contributed by atoms with Gasteiger partial charge in [-0.3, -0.25) is 9.59 Å². The van der Waals surface area contributed by atoms with Crippen molar-refractivity contribution in [2.75, 3.05) is 18.6 Å². The number of carboxylic acids is 1. The van der Waals surface area contributed by atoms with Crippen molar-refractivity contribution < 1.29 is 14.7 Å². The first kappa shape index (κ1) is 15.3. The molecule has 0 bridgehead atoms. The number of hydrogen-bond acceptors (Lipinski definition) is 3. The van der Waals surface area contributed by atoms with Gasteiger partial charge in [0.25, 0.3) is 0 Å². The number of aliphatic carboxylic acids is 1. The molecule has 0 aromatic heterocycles. The molecular formula is C13H23NO3S. The van der Waals surface area contributed by atoms with Gasteiger partial charge < -0.3 is 10.4 Å². The molecule has 1 amide bonds. The van der Waals surface area contributed by atoms with Crippen LogP contribution in [0.3, 0.4) is 0 Å². The van der Waals surface area contributed by atoms with Crippen LogP contribution in [0.2, 0.25) is 0 Å². The highest BCUT2D eigenvalue weighted by molar-refractivity contribution is 7.98. The second kappa shape index (κ2) is 7.02. The summed E-state index contributed by atoms with van der Waals surface area (Å²) < 4.78 is 0. The zero-order valence-electron chi connectivity index (χ0n) is 11.2. The first-order valence-corrected chi connectivity index (χ1v) is 7.88. The average molecular weight is 273 g/mol. The maximum Gasteiger partial charge on any atom is 0.310 e. The van der Waals surface area contributed by atoms with E-state index >= 15 is 0 Å². The minimum absolute atomic E-state index is 0.118. The molecule has 1 saturated carbocycles. The lowest BCUT2D eigenvalue weighted by molar-refractivity contribution is -0.151. The van der Waals surface area contributed by atoms with E-state index in [1.54, 1.807) is 11.8 Å². The van der Waals surface area contributed by atoms with Gasteiger partial charge in [0.15, 0.2) is 0 Å². The van der Waals surface area contributed by atoms with Crippen molar-refractivity contribution in [3.8, 4) is 0 Å². The molecule has 0 radical (unpaired) electrons. The molecule has 4 nitrogen and oxygen atoms in total. The molecule has 0 spiro atoms. The van der Waals surface area contributed by atoms with Crippen molar-refractivity contribution in [2.24, 2.45) is 11.3 Å². The predicted octanol–water partition coefficient (Wildman–Crippen LogP) is 2.14. The summed E-state index contributed by atoms with van der Waals surface area (Å²) in [6.07, 6.45) is 5.28. The standard InChI is InChI=1S/C13H23NO3S/c1-10(9-18-2)8-14-11(15)7-13(12(16)17)5-3-4-6-13/h10H,3-9H2,1-2H3,(H,14,15)(H,16,17). The zero-order chi connectivity index (χ0) is 13.6. The van der Waals surface area contributed by atoms with Gasteiger partial charge in [-0.25, -0.2) is 0 Å². The number of carbonyl (C=O) groups excluding carboxylic acids is 1. The Labute approximate surface area is 113 Å².